The number of allylic oxidation sites excluding steroid dienone is 1. The highest BCUT2D eigenvalue weighted by molar-refractivity contribution is 9.11. The molecule has 3 nitrogen and oxygen atoms in total. The highest BCUT2D eigenvalue weighted by atomic mass is 79.9. The van der Waals surface area contributed by atoms with Gasteiger partial charge in [0, 0.05) is 10.5 Å². The van der Waals surface area contributed by atoms with Gasteiger partial charge in [-0.15, -0.1) is 6.58 Å². The molecule has 1 fully saturated rings. The molecule has 0 aromatic heterocycles. The number of nitrogens with one attached hydrogen (secondary N) is 1. The number of ether oxygens (including phenoxy) is 1. The molecule has 0 spiro atoms. The largest absolute Gasteiger partial charge is 0.491 e. The number of alkyl halides is 1. The van der Waals surface area contributed by atoms with Crippen molar-refractivity contribution in [3.8, 4) is 5.75 Å². The number of anilines is 1. The summed E-state index contributed by atoms with van der Waals surface area (Å²) >= 11 is 10.3. The van der Waals surface area contributed by atoms with Crippen LogP contribution in [-0.2, 0) is 0 Å². The molecule has 1 heterocycles. The van der Waals surface area contributed by atoms with E-state index in [1.165, 1.54) is 25.9 Å². The normalized spacial score (nSPS) is 15.0. The minimum Gasteiger partial charge on any atom is -0.491 e. The summed E-state index contributed by atoms with van der Waals surface area (Å²) in [6, 6.07) is 3.64. The molecule has 1 aliphatic heterocycles. The maximum absolute atomic E-state index is 5.69. The second kappa shape index (κ2) is 10.6. The lowest BCUT2D eigenvalue weighted by molar-refractivity contribution is 0.310. The maximum atomic E-state index is 5.69. The summed E-state index contributed by atoms with van der Waals surface area (Å²) in [5.41, 5.74) is 6.38. The van der Waals surface area contributed by atoms with E-state index in [0.717, 1.165) is 21.1 Å². The minimum atomic E-state index is 0.277. The van der Waals surface area contributed by atoms with Crippen LogP contribution in [0.4, 0.5) is 5.69 Å². The third-order valence-corrected chi connectivity index (χ3v) is 4.88. The lowest BCUT2D eigenvalue weighted by Crippen LogP contribution is -2.04. The van der Waals surface area contributed by atoms with Gasteiger partial charge in [-0.2, -0.15) is 0 Å². The van der Waals surface area contributed by atoms with Crippen LogP contribution < -0.4 is 15.8 Å². The zero-order valence-corrected chi connectivity index (χ0v) is 16.6. The molecule has 1 atom stereocenters. The van der Waals surface area contributed by atoms with Gasteiger partial charge in [0.25, 0.3) is 0 Å². The Bertz CT molecular complexity index is 420. The van der Waals surface area contributed by atoms with E-state index in [-0.39, 0.29) is 4.83 Å². The van der Waals surface area contributed by atoms with Crippen LogP contribution in [0.1, 0.15) is 19.3 Å². The first kappa shape index (κ1) is 19.0. The van der Waals surface area contributed by atoms with Crippen molar-refractivity contribution in [2.75, 3.05) is 25.4 Å². The smallest absolute Gasteiger partial charge is 0.147 e. The molecule has 0 radical (unpaired) electrons. The Balaban J connectivity index is 0.000000369. The molecule has 1 unspecified atom stereocenters. The summed E-state index contributed by atoms with van der Waals surface area (Å²) < 4.78 is 7.37. The third-order valence-electron chi connectivity index (χ3n) is 2.87. The zero-order chi connectivity index (χ0) is 15.7. The van der Waals surface area contributed by atoms with Crippen molar-refractivity contribution in [2.45, 2.75) is 24.1 Å². The van der Waals surface area contributed by atoms with Crippen molar-refractivity contribution in [1.82, 2.24) is 5.32 Å². The standard InChI is InChI=1S/C11H12Br3NO.C4H9N/c1-2-7(12)3-4-16-11-9(13)5-8(15)6-10(11)14;1-2-4-5-3-1/h2,5-7H,1,3-4,15H2;5H,1-4H2. The molecule has 0 saturated carbocycles. The Morgan fingerprint density at radius 1 is 1.29 bits per heavy atom. The van der Waals surface area contributed by atoms with Crippen molar-refractivity contribution in [2.24, 2.45) is 0 Å². The monoisotopic (exact) mass is 482 g/mol. The van der Waals surface area contributed by atoms with Crippen LogP contribution in [0.3, 0.4) is 0 Å². The van der Waals surface area contributed by atoms with Crippen molar-refractivity contribution < 1.29 is 4.74 Å². The average Bonchev–Trinajstić information content (AvgIpc) is 3.00. The second-order valence-corrected chi connectivity index (χ2v) is 7.54. The zero-order valence-electron chi connectivity index (χ0n) is 11.9. The minimum absolute atomic E-state index is 0.277. The van der Waals surface area contributed by atoms with E-state index in [1.54, 1.807) is 0 Å². The summed E-state index contributed by atoms with van der Waals surface area (Å²) in [6.07, 6.45) is 5.49. The van der Waals surface area contributed by atoms with Crippen molar-refractivity contribution in [1.29, 1.82) is 0 Å². The van der Waals surface area contributed by atoms with E-state index in [1.807, 2.05) is 18.2 Å². The van der Waals surface area contributed by atoms with Crippen LogP contribution in [0.2, 0.25) is 0 Å². The first-order valence-electron chi connectivity index (χ1n) is 6.89. The molecule has 0 amide bonds. The van der Waals surface area contributed by atoms with Crippen molar-refractivity contribution in [3.05, 3.63) is 33.7 Å². The molecule has 0 aliphatic carbocycles. The number of halogens is 3. The molecule has 3 N–H and O–H groups in total. The van der Waals surface area contributed by atoms with Gasteiger partial charge < -0.3 is 15.8 Å². The fraction of sp³-hybridized carbons (Fsp3) is 0.467. The molecule has 1 aliphatic rings. The number of nitrogen functional groups attached to an aromatic ring is 1. The van der Waals surface area contributed by atoms with Gasteiger partial charge in [-0.05, 0) is 76.3 Å². The number of rotatable bonds is 5. The van der Waals surface area contributed by atoms with Gasteiger partial charge in [-0.1, -0.05) is 22.0 Å². The first-order valence-corrected chi connectivity index (χ1v) is 9.39. The van der Waals surface area contributed by atoms with Gasteiger partial charge in [-0.3, -0.25) is 0 Å². The summed E-state index contributed by atoms with van der Waals surface area (Å²) in [4.78, 5) is 0.277. The fourth-order valence-electron chi connectivity index (χ4n) is 1.73. The maximum Gasteiger partial charge on any atom is 0.147 e. The topological polar surface area (TPSA) is 47.3 Å². The molecular weight excluding hydrogens is 464 g/mol. The molecule has 6 heteroatoms. The van der Waals surface area contributed by atoms with Crippen LogP contribution in [0.5, 0.6) is 5.75 Å². The number of hydrogen-bond acceptors (Lipinski definition) is 3. The van der Waals surface area contributed by atoms with Gasteiger partial charge in [0.1, 0.15) is 5.75 Å². The van der Waals surface area contributed by atoms with E-state index in [2.05, 4.69) is 59.7 Å². The molecule has 118 valence electrons. The van der Waals surface area contributed by atoms with E-state index >= 15 is 0 Å². The Hall–Kier alpha value is -0.0400. The lowest BCUT2D eigenvalue weighted by Gasteiger charge is -2.11. The molecule has 1 aromatic rings. The van der Waals surface area contributed by atoms with E-state index in [9.17, 15) is 0 Å². The number of hydrogen-bond donors (Lipinski definition) is 2. The van der Waals surface area contributed by atoms with Crippen LogP contribution in [0.15, 0.2) is 33.7 Å². The fourth-order valence-corrected chi connectivity index (χ4v) is 3.37. The SMILES string of the molecule is C1CCNC1.C=CC(Br)CCOc1c(Br)cc(N)cc1Br. The van der Waals surface area contributed by atoms with Crippen molar-refractivity contribution >= 4 is 53.5 Å². The van der Waals surface area contributed by atoms with Crippen LogP contribution in [0, 0.1) is 0 Å². The Morgan fingerprint density at radius 2 is 1.86 bits per heavy atom. The Morgan fingerprint density at radius 3 is 2.29 bits per heavy atom. The molecule has 1 aromatic carbocycles. The molecular formula is C15H21Br3N2O. The quantitative estimate of drug-likeness (QED) is 0.355. The Kier molecular flexibility index (Phi) is 9.64. The lowest BCUT2D eigenvalue weighted by atomic mass is 10.3. The van der Waals surface area contributed by atoms with Gasteiger partial charge in [0.05, 0.1) is 15.6 Å². The first-order chi connectivity index (χ1) is 10.0. The molecule has 21 heavy (non-hydrogen) atoms. The van der Waals surface area contributed by atoms with Gasteiger partial charge in [0.15, 0.2) is 0 Å². The summed E-state index contributed by atoms with van der Waals surface area (Å²) in [6.45, 7) is 6.81. The van der Waals surface area contributed by atoms with Crippen LogP contribution in [-0.4, -0.2) is 24.5 Å². The van der Waals surface area contributed by atoms with Gasteiger partial charge >= 0.3 is 0 Å². The van der Waals surface area contributed by atoms with E-state index in [4.69, 9.17) is 10.5 Å². The summed E-state index contributed by atoms with van der Waals surface area (Å²) in [5, 5.41) is 3.22. The van der Waals surface area contributed by atoms with E-state index in [0.29, 0.717) is 12.3 Å². The molecule has 2 rings (SSSR count). The summed E-state index contributed by atoms with van der Waals surface area (Å²) in [5.74, 6) is 0.776. The second-order valence-electron chi connectivity index (χ2n) is 4.66. The predicted molar refractivity (Wildman–Crippen MR) is 101 cm³/mol. The highest BCUT2D eigenvalue weighted by Gasteiger charge is 2.08. The average molecular weight is 485 g/mol. The van der Waals surface area contributed by atoms with Crippen LogP contribution in [0.25, 0.3) is 0 Å². The van der Waals surface area contributed by atoms with Crippen molar-refractivity contribution in [3.63, 3.8) is 0 Å². The van der Waals surface area contributed by atoms with Gasteiger partial charge in [-0.25, -0.2) is 0 Å². The molecule has 1 saturated heterocycles. The third kappa shape index (κ3) is 7.68. The summed E-state index contributed by atoms with van der Waals surface area (Å²) in [7, 11) is 0. The van der Waals surface area contributed by atoms with E-state index < -0.39 is 0 Å². The number of benzene rings is 1. The van der Waals surface area contributed by atoms with Gasteiger partial charge in [0.2, 0.25) is 0 Å². The number of nitrogens with two attached hydrogens (primary N) is 1. The highest BCUT2D eigenvalue weighted by Crippen LogP contribution is 2.35. The predicted octanol–water partition coefficient (Wildman–Crippen LogP) is 4.88. The molecule has 0 bridgehead atoms. The van der Waals surface area contributed by atoms with Crippen LogP contribution >= 0.6 is 47.8 Å². The Labute approximate surface area is 152 Å².